The maximum atomic E-state index is 12.7. The highest BCUT2D eigenvalue weighted by Gasteiger charge is 2.30. The van der Waals surface area contributed by atoms with E-state index in [4.69, 9.17) is 0 Å². The predicted molar refractivity (Wildman–Crippen MR) is 105 cm³/mol. The Hall–Kier alpha value is -3.12. The summed E-state index contributed by atoms with van der Waals surface area (Å²) in [5.41, 5.74) is 1.78. The minimum absolute atomic E-state index is 0.0779. The molecule has 1 unspecified atom stereocenters. The second kappa shape index (κ2) is 8.92. The molecule has 0 aliphatic carbocycles. The molecule has 3 nitrogen and oxygen atoms in total. The molecule has 0 aromatic heterocycles. The molecule has 0 aliphatic rings. The highest BCUT2D eigenvalue weighted by atomic mass is 19.4. The van der Waals surface area contributed by atoms with Crippen molar-refractivity contribution in [3.63, 3.8) is 0 Å². The van der Waals surface area contributed by atoms with Crippen LogP contribution in [-0.2, 0) is 6.18 Å². The van der Waals surface area contributed by atoms with E-state index in [-0.39, 0.29) is 18.6 Å². The SMILES string of the molecule is O=C(NC(CCO)c1ccccc1)c1cccc(-c2ccc(C(F)(F)F)cc2)c1. The van der Waals surface area contributed by atoms with Gasteiger partial charge in [0, 0.05) is 12.2 Å². The van der Waals surface area contributed by atoms with Crippen molar-refractivity contribution in [1.82, 2.24) is 5.32 Å². The number of carbonyl (C=O) groups is 1. The van der Waals surface area contributed by atoms with Crippen molar-refractivity contribution in [2.24, 2.45) is 0 Å². The Bertz CT molecular complexity index is 954. The molecule has 6 heteroatoms. The summed E-state index contributed by atoms with van der Waals surface area (Å²) in [6, 6.07) is 20.5. The zero-order valence-electron chi connectivity index (χ0n) is 15.5. The number of benzene rings is 3. The standard InChI is InChI=1S/C23H20F3NO2/c24-23(25,26)20-11-9-16(10-12-20)18-7-4-8-19(15-18)22(29)27-21(13-14-28)17-5-2-1-3-6-17/h1-12,15,21,28H,13-14H2,(H,27,29). The van der Waals surface area contributed by atoms with Crippen LogP contribution in [0.3, 0.4) is 0 Å². The number of hydrogen-bond acceptors (Lipinski definition) is 2. The first-order chi connectivity index (χ1) is 13.9. The Morgan fingerprint density at radius 2 is 1.59 bits per heavy atom. The summed E-state index contributed by atoms with van der Waals surface area (Å²) in [6.07, 6.45) is -4.02. The molecule has 0 spiro atoms. The molecule has 0 saturated heterocycles. The van der Waals surface area contributed by atoms with Crippen molar-refractivity contribution in [2.75, 3.05) is 6.61 Å². The number of carbonyl (C=O) groups excluding carboxylic acids is 1. The number of aliphatic hydroxyl groups is 1. The van der Waals surface area contributed by atoms with E-state index in [0.29, 0.717) is 23.1 Å². The molecular formula is C23H20F3NO2. The van der Waals surface area contributed by atoms with Gasteiger partial charge in [-0.15, -0.1) is 0 Å². The van der Waals surface area contributed by atoms with Crippen LogP contribution in [0.25, 0.3) is 11.1 Å². The summed E-state index contributed by atoms with van der Waals surface area (Å²) in [7, 11) is 0. The average Bonchev–Trinajstić information content (AvgIpc) is 2.73. The molecule has 1 atom stereocenters. The van der Waals surface area contributed by atoms with Crippen molar-refractivity contribution in [1.29, 1.82) is 0 Å². The number of halogens is 3. The summed E-state index contributed by atoms with van der Waals surface area (Å²) in [5, 5.41) is 12.2. The van der Waals surface area contributed by atoms with E-state index in [1.165, 1.54) is 12.1 Å². The molecule has 0 bridgehead atoms. The second-order valence-corrected chi connectivity index (χ2v) is 6.60. The quantitative estimate of drug-likeness (QED) is 0.597. The molecular weight excluding hydrogens is 379 g/mol. The molecule has 29 heavy (non-hydrogen) atoms. The Kier molecular flexibility index (Phi) is 6.34. The van der Waals surface area contributed by atoms with Gasteiger partial charge in [-0.05, 0) is 47.4 Å². The minimum Gasteiger partial charge on any atom is -0.396 e. The number of aliphatic hydroxyl groups excluding tert-OH is 1. The van der Waals surface area contributed by atoms with Crippen LogP contribution in [0.1, 0.15) is 33.9 Å². The maximum absolute atomic E-state index is 12.7. The zero-order valence-corrected chi connectivity index (χ0v) is 15.5. The van der Waals surface area contributed by atoms with E-state index in [1.807, 2.05) is 30.3 Å². The fourth-order valence-corrected chi connectivity index (χ4v) is 3.07. The van der Waals surface area contributed by atoms with Crippen LogP contribution < -0.4 is 5.32 Å². The van der Waals surface area contributed by atoms with Gasteiger partial charge in [-0.1, -0.05) is 54.6 Å². The molecule has 3 rings (SSSR count). The lowest BCUT2D eigenvalue weighted by molar-refractivity contribution is -0.137. The normalized spacial score (nSPS) is 12.4. The summed E-state index contributed by atoms with van der Waals surface area (Å²) < 4.78 is 38.2. The summed E-state index contributed by atoms with van der Waals surface area (Å²) in [5.74, 6) is -0.318. The van der Waals surface area contributed by atoms with Gasteiger partial charge in [0.1, 0.15) is 0 Å². The van der Waals surface area contributed by atoms with Crippen molar-refractivity contribution >= 4 is 5.91 Å². The van der Waals surface area contributed by atoms with Crippen LogP contribution in [-0.4, -0.2) is 17.6 Å². The van der Waals surface area contributed by atoms with Crippen LogP contribution in [0.15, 0.2) is 78.9 Å². The fraction of sp³-hybridized carbons (Fsp3) is 0.174. The van der Waals surface area contributed by atoms with E-state index in [1.54, 1.807) is 24.3 Å². The Labute approximate surface area is 166 Å². The van der Waals surface area contributed by atoms with Crippen LogP contribution in [0, 0.1) is 0 Å². The van der Waals surface area contributed by atoms with E-state index in [9.17, 15) is 23.1 Å². The number of hydrogen-bond donors (Lipinski definition) is 2. The molecule has 0 fully saturated rings. The van der Waals surface area contributed by atoms with Gasteiger partial charge < -0.3 is 10.4 Å². The third-order valence-electron chi connectivity index (χ3n) is 4.60. The van der Waals surface area contributed by atoms with Gasteiger partial charge in [0.15, 0.2) is 0 Å². The summed E-state index contributed by atoms with van der Waals surface area (Å²) >= 11 is 0. The highest BCUT2D eigenvalue weighted by molar-refractivity contribution is 5.95. The molecule has 0 saturated carbocycles. The average molecular weight is 399 g/mol. The third-order valence-corrected chi connectivity index (χ3v) is 4.60. The Morgan fingerprint density at radius 1 is 0.897 bits per heavy atom. The number of amides is 1. The first-order valence-corrected chi connectivity index (χ1v) is 9.13. The van der Waals surface area contributed by atoms with E-state index in [0.717, 1.165) is 17.7 Å². The first-order valence-electron chi connectivity index (χ1n) is 9.13. The predicted octanol–water partition coefficient (Wildman–Crippen LogP) is 5.23. The van der Waals surface area contributed by atoms with E-state index < -0.39 is 11.7 Å². The molecule has 0 aliphatic heterocycles. The minimum atomic E-state index is -4.39. The van der Waals surface area contributed by atoms with Gasteiger partial charge in [-0.2, -0.15) is 13.2 Å². The molecule has 0 radical (unpaired) electrons. The van der Waals surface area contributed by atoms with Gasteiger partial charge in [-0.3, -0.25) is 4.79 Å². The van der Waals surface area contributed by atoms with Gasteiger partial charge in [0.25, 0.3) is 5.91 Å². The van der Waals surface area contributed by atoms with Crippen LogP contribution in [0.4, 0.5) is 13.2 Å². The summed E-state index contributed by atoms with van der Waals surface area (Å²) in [4.78, 5) is 12.7. The van der Waals surface area contributed by atoms with Crippen LogP contribution in [0.5, 0.6) is 0 Å². The lowest BCUT2D eigenvalue weighted by atomic mass is 10.0. The Balaban J connectivity index is 1.80. The lowest BCUT2D eigenvalue weighted by Gasteiger charge is -2.18. The van der Waals surface area contributed by atoms with Gasteiger partial charge in [-0.25, -0.2) is 0 Å². The summed E-state index contributed by atoms with van der Waals surface area (Å²) in [6.45, 7) is -0.0779. The molecule has 1 amide bonds. The monoisotopic (exact) mass is 399 g/mol. The van der Waals surface area contributed by atoms with Crippen molar-refractivity contribution < 1.29 is 23.1 Å². The van der Waals surface area contributed by atoms with Crippen LogP contribution >= 0.6 is 0 Å². The van der Waals surface area contributed by atoms with Crippen LogP contribution in [0.2, 0.25) is 0 Å². The number of nitrogens with one attached hydrogen (secondary N) is 1. The fourth-order valence-electron chi connectivity index (χ4n) is 3.07. The smallest absolute Gasteiger partial charge is 0.396 e. The number of alkyl halides is 3. The Morgan fingerprint density at radius 3 is 2.21 bits per heavy atom. The van der Waals surface area contributed by atoms with Crippen molar-refractivity contribution in [2.45, 2.75) is 18.6 Å². The maximum Gasteiger partial charge on any atom is 0.416 e. The van der Waals surface area contributed by atoms with Crippen molar-refractivity contribution in [3.8, 4) is 11.1 Å². The zero-order chi connectivity index (χ0) is 20.9. The second-order valence-electron chi connectivity index (χ2n) is 6.60. The molecule has 0 heterocycles. The topological polar surface area (TPSA) is 49.3 Å². The lowest BCUT2D eigenvalue weighted by Crippen LogP contribution is -2.29. The molecule has 3 aromatic rings. The highest BCUT2D eigenvalue weighted by Crippen LogP contribution is 2.31. The van der Waals surface area contributed by atoms with Crippen molar-refractivity contribution in [3.05, 3.63) is 95.6 Å². The number of rotatable bonds is 6. The molecule has 3 aromatic carbocycles. The molecule has 150 valence electrons. The van der Waals surface area contributed by atoms with Gasteiger partial charge in [0.2, 0.25) is 0 Å². The largest absolute Gasteiger partial charge is 0.416 e. The van der Waals surface area contributed by atoms with Gasteiger partial charge >= 0.3 is 6.18 Å². The third kappa shape index (κ3) is 5.23. The molecule has 2 N–H and O–H groups in total. The van der Waals surface area contributed by atoms with E-state index in [2.05, 4.69) is 5.32 Å². The first kappa shape index (κ1) is 20.6. The van der Waals surface area contributed by atoms with E-state index >= 15 is 0 Å². The van der Waals surface area contributed by atoms with Gasteiger partial charge in [0.05, 0.1) is 11.6 Å².